The number of carbonyl (C=O) groups is 1. The number of aromatic nitrogens is 1. The lowest BCUT2D eigenvalue weighted by molar-refractivity contribution is 0.0945. The van der Waals surface area contributed by atoms with Crippen molar-refractivity contribution in [1.82, 2.24) is 10.3 Å². The van der Waals surface area contributed by atoms with E-state index in [0.717, 1.165) is 10.8 Å². The molecule has 0 unspecified atom stereocenters. The van der Waals surface area contributed by atoms with Crippen LogP contribution in [-0.2, 0) is 0 Å². The first kappa shape index (κ1) is 10.6. The second kappa shape index (κ2) is 4.72. The number of aliphatic hydroxyl groups excluding tert-OH is 1. The first-order chi connectivity index (χ1) is 7.81. The zero-order valence-electron chi connectivity index (χ0n) is 8.68. The number of nitrogens with one attached hydrogen (secondary N) is 1. The van der Waals surface area contributed by atoms with Gasteiger partial charge in [-0.25, -0.2) is 0 Å². The summed E-state index contributed by atoms with van der Waals surface area (Å²) >= 11 is 0. The second-order valence-corrected chi connectivity index (χ2v) is 3.42. The third-order valence-electron chi connectivity index (χ3n) is 2.30. The van der Waals surface area contributed by atoms with Gasteiger partial charge >= 0.3 is 0 Å². The van der Waals surface area contributed by atoms with E-state index in [4.69, 9.17) is 5.11 Å². The maximum absolute atomic E-state index is 11.6. The Balaban J connectivity index is 2.28. The van der Waals surface area contributed by atoms with Crippen LogP contribution in [0.3, 0.4) is 0 Å². The van der Waals surface area contributed by atoms with Crippen LogP contribution in [0.5, 0.6) is 0 Å². The van der Waals surface area contributed by atoms with E-state index in [0.29, 0.717) is 5.56 Å². The molecule has 0 spiro atoms. The molecular formula is C12H12N2O2. The smallest absolute Gasteiger partial charge is 0.251 e. The molecule has 2 aromatic rings. The maximum Gasteiger partial charge on any atom is 0.251 e. The molecule has 0 fully saturated rings. The molecule has 4 nitrogen and oxygen atoms in total. The molecular weight excluding hydrogens is 204 g/mol. The highest BCUT2D eigenvalue weighted by Crippen LogP contribution is 2.14. The number of fused-ring (bicyclic) bond motifs is 1. The lowest BCUT2D eigenvalue weighted by atomic mass is 10.1. The molecule has 1 heterocycles. The monoisotopic (exact) mass is 216 g/mol. The van der Waals surface area contributed by atoms with E-state index in [-0.39, 0.29) is 19.1 Å². The molecule has 1 aromatic heterocycles. The van der Waals surface area contributed by atoms with Gasteiger partial charge in [0.25, 0.3) is 5.91 Å². The predicted octanol–water partition coefficient (Wildman–Crippen LogP) is 0.957. The van der Waals surface area contributed by atoms with Gasteiger partial charge < -0.3 is 10.4 Å². The Morgan fingerprint density at radius 2 is 2.19 bits per heavy atom. The van der Waals surface area contributed by atoms with Gasteiger partial charge in [-0.15, -0.1) is 0 Å². The Morgan fingerprint density at radius 1 is 1.31 bits per heavy atom. The molecule has 0 aliphatic carbocycles. The maximum atomic E-state index is 11.6. The minimum Gasteiger partial charge on any atom is -0.395 e. The van der Waals surface area contributed by atoms with E-state index in [1.165, 1.54) is 0 Å². The summed E-state index contributed by atoms with van der Waals surface area (Å²) in [6.45, 7) is 0.219. The summed E-state index contributed by atoms with van der Waals surface area (Å²) in [6.07, 6.45) is 3.45. The van der Waals surface area contributed by atoms with Crippen molar-refractivity contribution in [3.8, 4) is 0 Å². The third-order valence-corrected chi connectivity index (χ3v) is 2.30. The Morgan fingerprint density at radius 3 is 3.00 bits per heavy atom. The largest absolute Gasteiger partial charge is 0.395 e. The average molecular weight is 216 g/mol. The quantitative estimate of drug-likeness (QED) is 0.803. The molecule has 0 saturated carbocycles. The summed E-state index contributed by atoms with van der Waals surface area (Å²) < 4.78 is 0. The van der Waals surface area contributed by atoms with Crippen LogP contribution in [0.1, 0.15) is 10.4 Å². The molecule has 0 radical (unpaired) electrons. The Labute approximate surface area is 92.9 Å². The average Bonchev–Trinajstić information content (AvgIpc) is 2.35. The fourth-order valence-electron chi connectivity index (χ4n) is 1.50. The van der Waals surface area contributed by atoms with Crippen molar-refractivity contribution in [2.75, 3.05) is 13.2 Å². The van der Waals surface area contributed by atoms with Crippen LogP contribution < -0.4 is 5.32 Å². The van der Waals surface area contributed by atoms with Crippen LogP contribution in [-0.4, -0.2) is 29.1 Å². The van der Waals surface area contributed by atoms with Crippen LogP contribution in [0.15, 0.2) is 36.7 Å². The molecule has 1 aromatic carbocycles. The molecule has 0 bridgehead atoms. The number of nitrogens with zero attached hydrogens (tertiary/aromatic N) is 1. The number of amides is 1. The van der Waals surface area contributed by atoms with Crippen molar-refractivity contribution < 1.29 is 9.90 Å². The van der Waals surface area contributed by atoms with Crippen molar-refractivity contribution in [1.29, 1.82) is 0 Å². The standard InChI is InChI=1S/C12H12N2O2/c15-6-5-14-12(16)10-1-2-11-8-13-4-3-9(11)7-10/h1-4,7-8,15H,5-6H2,(H,14,16). The van der Waals surface area contributed by atoms with Gasteiger partial charge in [-0.3, -0.25) is 9.78 Å². The summed E-state index contributed by atoms with van der Waals surface area (Å²) in [6, 6.07) is 7.27. The molecule has 0 saturated heterocycles. The van der Waals surface area contributed by atoms with Crippen LogP contribution in [0.2, 0.25) is 0 Å². The normalized spacial score (nSPS) is 10.3. The van der Waals surface area contributed by atoms with Crippen LogP contribution in [0.25, 0.3) is 10.8 Å². The number of benzene rings is 1. The fourth-order valence-corrected chi connectivity index (χ4v) is 1.50. The highest BCUT2D eigenvalue weighted by molar-refractivity contribution is 5.98. The summed E-state index contributed by atoms with van der Waals surface area (Å²) in [5.74, 6) is -0.173. The van der Waals surface area contributed by atoms with E-state index in [2.05, 4.69) is 10.3 Å². The lowest BCUT2D eigenvalue weighted by Gasteiger charge is -2.04. The first-order valence-electron chi connectivity index (χ1n) is 5.04. The molecule has 16 heavy (non-hydrogen) atoms. The third kappa shape index (κ3) is 2.17. The number of carbonyl (C=O) groups excluding carboxylic acids is 1. The van der Waals surface area contributed by atoms with Gasteiger partial charge in [-0.2, -0.15) is 0 Å². The SMILES string of the molecule is O=C(NCCO)c1ccc2cnccc2c1. The lowest BCUT2D eigenvalue weighted by Crippen LogP contribution is -2.26. The molecule has 2 rings (SSSR count). The first-order valence-corrected chi connectivity index (χ1v) is 5.04. The summed E-state index contributed by atoms with van der Waals surface area (Å²) in [4.78, 5) is 15.6. The van der Waals surface area contributed by atoms with Crippen LogP contribution in [0, 0.1) is 0 Å². The molecule has 0 aliphatic heterocycles. The van der Waals surface area contributed by atoms with Gasteiger partial charge in [0, 0.05) is 29.9 Å². The highest BCUT2D eigenvalue weighted by Gasteiger charge is 2.04. The van der Waals surface area contributed by atoms with Gasteiger partial charge in [0.2, 0.25) is 0 Å². The Bertz CT molecular complexity index is 511. The van der Waals surface area contributed by atoms with E-state index in [9.17, 15) is 4.79 Å². The van der Waals surface area contributed by atoms with E-state index in [1.807, 2.05) is 18.2 Å². The minimum atomic E-state index is -0.173. The van der Waals surface area contributed by atoms with Crippen LogP contribution >= 0.6 is 0 Å². The van der Waals surface area contributed by atoms with E-state index in [1.54, 1.807) is 18.5 Å². The van der Waals surface area contributed by atoms with E-state index < -0.39 is 0 Å². The van der Waals surface area contributed by atoms with Gasteiger partial charge in [0.05, 0.1) is 6.61 Å². The van der Waals surface area contributed by atoms with Crippen molar-refractivity contribution in [2.24, 2.45) is 0 Å². The number of hydrogen-bond donors (Lipinski definition) is 2. The molecule has 4 heteroatoms. The Hall–Kier alpha value is -1.94. The fraction of sp³-hybridized carbons (Fsp3) is 0.167. The number of rotatable bonds is 3. The summed E-state index contributed by atoms with van der Waals surface area (Å²) in [5.41, 5.74) is 0.590. The number of pyridine rings is 1. The van der Waals surface area contributed by atoms with Gasteiger partial charge in [0.1, 0.15) is 0 Å². The zero-order chi connectivity index (χ0) is 11.4. The van der Waals surface area contributed by atoms with Gasteiger partial charge in [0.15, 0.2) is 0 Å². The molecule has 1 amide bonds. The zero-order valence-corrected chi connectivity index (χ0v) is 8.68. The van der Waals surface area contributed by atoms with Crippen LogP contribution in [0.4, 0.5) is 0 Å². The summed E-state index contributed by atoms with van der Waals surface area (Å²) in [5, 5.41) is 13.2. The number of aliphatic hydroxyl groups is 1. The molecule has 0 atom stereocenters. The Kier molecular flexibility index (Phi) is 3.12. The molecule has 0 aliphatic rings. The van der Waals surface area contributed by atoms with Crippen molar-refractivity contribution in [2.45, 2.75) is 0 Å². The predicted molar refractivity (Wildman–Crippen MR) is 61.2 cm³/mol. The van der Waals surface area contributed by atoms with Crippen molar-refractivity contribution >= 4 is 16.7 Å². The highest BCUT2D eigenvalue weighted by atomic mass is 16.3. The van der Waals surface area contributed by atoms with Crippen molar-refractivity contribution in [3.63, 3.8) is 0 Å². The topological polar surface area (TPSA) is 62.2 Å². The summed E-state index contributed by atoms with van der Waals surface area (Å²) in [7, 11) is 0. The minimum absolute atomic E-state index is 0.0523. The number of hydrogen-bond acceptors (Lipinski definition) is 3. The molecule has 82 valence electrons. The van der Waals surface area contributed by atoms with Gasteiger partial charge in [-0.05, 0) is 23.6 Å². The molecule has 2 N–H and O–H groups in total. The van der Waals surface area contributed by atoms with E-state index >= 15 is 0 Å². The van der Waals surface area contributed by atoms with Crippen molar-refractivity contribution in [3.05, 3.63) is 42.2 Å². The van der Waals surface area contributed by atoms with Gasteiger partial charge in [-0.1, -0.05) is 6.07 Å². The second-order valence-electron chi connectivity index (χ2n) is 3.42.